The van der Waals surface area contributed by atoms with Crippen LogP contribution in [0.15, 0.2) is 46.9 Å². The maximum Gasteiger partial charge on any atom is 0.0647 e. The van der Waals surface area contributed by atoms with Crippen LogP contribution in [0.3, 0.4) is 0 Å². The molecule has 0 N–H and O–H groups in total. The molecule has 0 saturated heterocycles. The zero-order valence-electron chi connectivity index (χ0n) is 9.87. The summed E-state index contributed by atoms with van der Waals surface area (Å²) in [6.07, 6.45) is 0. The summed E-state index contributed by atoms with van der Waals surface area (Å²) in [4.78, 5) is 0.260. The maximum atomic E-state index is 3.78. The highest BCUT2D eigenvalue weighted by Gasteiger charge is 2.12. The molecule has 0 saturated carbocycles. The predicted molar refractivity (Wildman–Crippen MR) is 80.8 cm³/mol. The lowest BCUT2D eigenvalue weighted by Crippen LogP contribution is -1.95. The molecule has 2 aromatic carbocycles. The molecular formula is C15H14Br2. The van der Waals surface area contributed by atoms with Crippen LogP contribution in [-0.4, -0.2) is 0 Å². The Morgan fingerprint density at radius 1 is 0.941 bits per heavy atom. The largest absolute Gasteiger partial charge is 0.0786 e. The van der Waals surface area contributed by atoms with Crippen molar-refractivity contribution < 1.29 is 0 Å². The third-order valence-electron chi connectivity index (χ3n) is 2.87. The fraction of sp³-hybridized carbons (Fsp3) is 0.200. The Bertz CT molecular complexity index is 515. The summed E-state index contributed by atoms with van der Waals surface area (Å²) in [5, 5.41) is 0. The molecule has 0 fully saturated rings. The Hall–Kier alpha value is -0.600. The van der Waals surface area contributed by atoms with Crippen LogP contribution < -0.4 is 0 Å². The monoisotopic (exact) mass is 352 g/mol. The van der Waals surface area contributed by atoms with Crippen LogP contribution in [0.25, 0.3) is 0 Å². The van der Waals surface area contributed by atoms with Crippen molar-refractivity contribution in [3.05, 3.63) is 69.2 Å². The lowest BCUT2D eigenvalue weighted by molar-refractivity contribution is 1.14. The standard InChI is InChI=1S/C15H14Br2/c1-10-3-5-12(6-4-10)15(17)14-8-7-13(16)9-11(14)2/h3-9,15H,1-2H3. The van der Waals surface area contributed by atoms with Crippen LogP contribution in [0.1, 0.15) is 27.1 Å². The van der Waals surface area contributed by atoms with Crippen LogP contribution in [0.4, 0.5) is 0 Å². The smallest absolute Gasteiger partial charge is 0.0647 e. The van der Waals surface area contributed by atoms with Crippen molar-refractivity contribution in [2.24, 2.45) is 0 Å². The molecular weight excluding hydrogens is 340 g/mol. The zero-order valence-corrected chi connectivity index (χ0v) is 13.0. The van der Waals surface area contributed by atoms with Crippen molar-refractivity contribution >= 4 is 31.9 Å². The van der Waals surface area contributed by atoms with E-state index in [1.54, 1.807) is 0 Å². The summed E-state index contributed by atoms with van der Waals surface area (Å²) < 4.78 is 1.13. The lowest BCUT2D eigenvalue weighted by Gasteiger charge is -2.14. The van der Waals surface area contributed by atoms with Gasteiger partial charge in [-0.25, -0.2) is 0 Å². The van der Waals surface area contributed by atoms with Gasteiger partial charge in [-0.1, -0.05) is 67.8 Å². The van der Waals surface area contributed by atoms with Gasteiger partial charge in [0.15, 0.2) is 0 Å². The van der Waals surface area contributed by atoms with Crippen molar-refractivity contribution in [2.75, 3.05) is 0 Å². The van der Waals surface area contributed by atoms with Gasteiger partial charge in [0.2, 0.25) is 0 Å². The highest BCUT2D eigenvalue weighted by atomic mass is 79.9. The number of hydrogen-bond donors (Lipinski definition) is 0. The first-order chi connectivity index (χ1) is 8.08. The summed E-state index contributed by atoms with van der Waals surface area (Å²) in [6.45, 7) is 4.25. The highest BCUT2D eigenvalue weighted by Crippen LogP contribution is 2.33. The van der Waals surface area contributed by atoms with Crippen molar-refractivity contribution in [2.45, 2.75) is 18.7 Å². The summed E-state index contributed by atoms with van der Waals surface area (Å²) >= 11 is 7.27. The summed E-state index contributed by atoms with van der Waals surface area (Å²) in [7, 11) is 0. The molecule has 17 heavy (non-hydrogen) atoms. The Morgan fingerprint density at radius 2 is 1.59 bits per heavy atom. The van der Waals surface area contributed by atoms with Gasteiger partial charge in [0.25, 0.3) is 0 Å². The molecule has 2 rings (SSSR count). The quantitative estimate of drug-likeness (QED) is 0.621. The van der Waals surface area contributed by atoms with Crippen LogP contribution in [0, 0.1) is 13.8 Å². The number of rotatable bonds is 2. The first kappa shape index (κ1) is 12.8. The van der Waals surface area contributed by atoms with Crippen molar-refractivity contribution in [3.8, 4) is 0 Å². The van der Waals surface area contributed by atoms with Crippen LogP contribution in [0.2, 0.25) is 0 Å². The number of halogens is 2. The minimum absolute atomic E-state index is 0.260. The second-order valence-corrected chi connectivity index (χ2v) is 6.11. The third kappa shape index (κ3) is 2.99. The number of hydrogen-bond acceptors (Lipinski definition) is 0. The molecule has 0 bridgehead atoms. The molecule has 0 aliphatic rings. The van der Waals surface area contributed by atoms with Gasteiger partial charge in [0, 0.05) is 4.47 Å². The number of benzene rings is 2. The van der Waals surface area contributed by atoms with E-state index in [2.05, 4.69) is 88.2 Å². The molecule has 0 nitrogen and oxygen atoms in total. The second kappa shape index (κ2) is 5.36. The van der Waals surface area contributed by atoms with E-state index in [4.69, 9.17) is 0 Å². The normalized spacial score (nSPS) is 12.5. The van der Waals surface area contributed by atoms with Crippen LogP contribution >= 0.6 is 31.9 Å². The Balaban J connectivity index is 2.36. The molecule has 1 atom stereocenters. The minimum Gasteiger partial charge on any atom is -0.0786 e. The van der Waals surface area contributed by atoms with Gasteiger partial charge in [-0.3, -0.25) is 0 Å². The molecule has 0 amide bonds. The van der Waals surface area contributed by atoms with E-state index in [0.717, 1.165) is 4.47 Å². The SMILES string of the molecule is Cc1ccc(C(Br)c2ccc(Br)cc2C)cc1. The zero-order chi connectivity index (χ0) is 12.4. The molecule has 0 spiro atoms. The van der Waals surface area contributed by atoms with E-state index >= 15 is 0 Å². The number of aryl methyl sites for hydroxylation is 2. The molecule has 1 unspecified atom stereocenters. The van der Waals surface area contributed by atoms with E-state index < -0.39 is 0 Å². The van der Waals surface area contributed by atoms with E-state index in [1.807, 2.05) is 0 Å². The van der Waals surface area contributed by atoms with E-state index in [0.29, 0.717) is 0 Å². The molecule has 0 aliphatic carbocycles. The van der Waals surface area contributed by atoms with Crippen LogP contribution in [-0.2, 0) is 0 Å². The molecule has 0 aromatic heterocycles. The lowest BCUT2D eigenvalue weighted by atomic mass is 10.00. The van der Waals surface area contributed by atoms with Crippen molar-refractivity contribution in [3.63, 3.8) is 0 Å². The Morgan fingerprint density at radius 3 is 2.18 bits per heavy atom. The molecule has 0 aliphatic heterocycles. The molecule has 0 heterocycles. The third-order valence-corrected chi connectivity index (χ3v) is 4.39. The topological polar surface area (TPSA) is 0 Å². The average Bonchev–Trinajstić information content (AvgIpc) is 2.29. The fourth-order valence-electron chi connectivity index (χ4n) is 1.84. The van der Waals surface area contributed by atoms with Gasteiger partial charge in [0.1, 0.15) is 0 Å². The Kier molecular flexibility index (Phi) is 4.05. The molecule has 2 aromatic rings. The first-order valence-electron chi connectivity index (χ1n) is 5.54. The van der Waals surface area contributed by atoms with E-state index in [-0.39, 0.29) is 4.83 Å². The van der Waals surface area contributed by atoms with Gasteiger partial charge in [0.05, 0.1) is 4.83 Å². The summed E-state index contributed by atoms with van der Waals surface area (Å²) in [5.74, 6) is 0. The summed E-state index contributed by atoms with van der Waals surface area (Å²) in [5.41, 5.74) is 5.20. The fourth-order valence-corrected chi connectivity index (χ4v) is 3.13. The maximum absolute atomic E-state index is 3.78. The average molecular weight is 354 g/mol. The van der Waals surface area contributed by atoms with E-state index in [1.165, 1.54) is 22.3 Å². The second-order valence-electron chi connectivity index (χ2n) is 4.27. The van der Waals surface area contributed by atoms with Crippen molar-refractivity contribution in [1.29, 1.82) is 0 Å². The molecule has 2 heteroatoms. The molecule has 0 radical (unpaired) electrons. The van der Waals surface area contributed by atoms with Gasteiger partial charge in [-0.05, 0) is 42.7 Å². The van der Waals surface area contributed by atoms with E-state index in [9.17, 15) is 0 Å². The predicted octanol–water partition coefficient (Wildman–Crippen LogP) is 5.55. The van der Waals surface area contributed by atoms with Gasteiger partial charge in [-0.15, -0.1) is 0 Å². The van der Waals surface area contributed by atoms with Gasteiger partial charge in [-0.2, -0.15) is 0 Å². The van der Waals surface area contributed by atoms with Gasteiger partial charge < -0.3 is 0 Å². The summed E-state index contributed by atoms with van der Waals surface area (Å²) in [6, 6.07) is 15.1. The number of alkyl halides is 1. The van der Waals surface area contributed by atoms with Gasteiger partial charge >= 0.3 is 0 Å². The molecule has 88 valence electrons. The highest BCUT2D eigenvalue weighted by molar-refractivity contribution is 9.10. The minimum atomic E-state index is 0.260. The van der Waals surface area contributed by atoms with Crippen LogP contribution in [0.5, 0.6) is 0 Å². The Labute approximate surface area is 119 Å². The first-order valence-corrected chi connectivity index (χ1v) is 7.25. The van der Waals surface area contributed by atoms with Crippen molar-refractivity contribution in [1.82, 2.24) is 0 Å².